The van der Waals surface area contributed by atoms with Crippen LogP contribution in [0, 0.1) is 23.7 Å². The number of nitrogens with one attached hydrogen (secondary N) is 2. The molecule has 11 nitrogen and oxygen atoms in total. The molecule has 3 aromatic rings. The van der Waals surface area contributed by atoms with Crippen molar-refractivity contribution in [3.63, 3.8) is 0 Å². The van der Waals surface area contributed by atoms with Gasteiger partial charge in [0.1, 0.15) is 12.3 Å². The SMILES string of the molecule is C#CCCCC(=O)N(CC#N)S(=O)(=O)CCCNC(=O)CCOc1ccc(-c2ccc(CC(=O)NCc3ccccc3)nc2)cc1. The number of hydrogen-bond donors (Lipinski definition) is 2. The Morgan fingerprint density at radius 2 is 1.65 bits per heavy atom. The van der Waals surface area contributed by atoms with Crippen molar-refractivity contribution in [1.29, 1.82) is 5.26 Å². The second-order valence-electron chi connectivity index (χ2n) is 10.2. The third-order valence-electron chi connectivity index (χ3n) is 6.73. The summed E-state index contributed by atoms with van der Waals surface area (Å²) in [6, 6.07) is 22.4. The molecule has 240 valence electrons. The third kappa shape index (κ3) is 12.1. The molecule has 0 bridgehead atoms. The molecule has 0 saturated heterocycles. The normalized spacial score (nSPS) is 10.7. The second kappa shape index (κ2) is 18.6. The number of carbonyl (C=O) groups is 3. The van der Waals surface area contributed by atoms with Crippen molar-refractivity contribution in [2.75, 3.05) is 25.4 Å². The highest BCUT2D eigenvalue weighted by molar-refractivity contribution is 7.89. The molecule has 0 saturated carbocycles. The van der Waals surface area contributed by atoms with Gasteiger partial charge in [-0.15, -0.1) is 12.3 Å². The average molecular weight is 644 g/mol. The summed E-state index contributed by atoms with van der Waals surface area (Å²) in [4.78, 5) is 41.1. The summed E-state index contributed by atoms with van der Waals surface area (Å²) < 4.78 is 31.4. The molecule has 0 aliphatic heterocycles. The van der Waals surface area contributed by atoms with E-state index >= 15 is 0 Å². The first-order valence-electron chi connectivity index (χ1n) is 14.8. The molecule has 0 spiro atoms. The van der Waals surface area contributed by atoms with E-state index in [2.05, 4.69) is 21.5 Å². The van der Waals surface area contributed by atoms with Crippen LogP contribution in [0.2, 0.25) is 0 Å². The van der Waals surface area contributed by atoms with Gasteiger partial charge >= 0.3 is 0 Å². The van der Waals surface area contributed by atoms with Crippen molar-refractivity contribution in [3.05, 3.63) is 84.2 Å². The number of carbonyl (C=O) groups excluding carboxylic acids is 3. The predicted molar refractivity (Wildman–Crippen MR) is 173 cm³/mol. The molecule has 0 aliphatic carbocycles. The van der Waals surface area contributed by atoms with Crippen molar-refractivity contribution in [1.82, 2.24) is 19.9 Å². The largest absolute Gasteiger partial charge is 0.493 e. The van der Waals surface area contributed by atoms with Crippen LogP contribution in [0.5, 0.6) is 5.75 Å². The van der Waals surface area contributed by atoms with Crippen LogP contribution in [0.4, 0.5) is 0 Å². The van der Waals surface area contributed by atoms with Crippen LogP contribution in [-0.2, 0) is 37.4 Å². The molecule has 0 fully saturated rings. The Bertz CT molecular complexity index is 1630. The summed E-state index contributed by atoms with van der Waals surface area (Å²) in [7, 11) is -4.00. The predicted octanol–water partition coefficient (Wildman–Crippen LogP) is 3.37. The van der Waals surface area contributed by atoms with E-state index in [9.17, 15) is 22.8 Å². The first kappa shape index (κ1) is 35.3. The van der Waals surface area contributed by atoms with E-state index in [4.69, 9.17) is 16.4 Å². The van der Waals surface area contributed by atoms with E-state index in [0.717, 1.165) is 16.7 Å². The van der Waals surface area contributed by atoms with E-state index in [1.54, 1.807) is 24.4 Å². The van der Waals surface area contributed by atoms with Crippen LogP contribution in [0.25, 0.3) is 11.1 Å². The molecule has 2 aromatic carbocycles. The highest BCUT2D eigenvalue weighted by Gasteiger charge is 2.26. The number of unbranched alkanes of at least 4 members (excludes halogenated alkanes) is 1. The molecule has 1 aromatic heterocycles. The van der Waals surface area contributed by atoms with Gasteiger partial charge in [-0.3, -0.25) is 19.4 Å². The fourth-order valence-electron chi connectivity index (χ4n) is 4.28. The number of sulfonamides is 1. The van der Waals surface area contributed by atoms with Crippen LogP contribution < -0.4 is 15.4 Å². The molecule has 12 heteroatoms. The number of ether oxygens (including phenoxy) is 1. The molecule has 0 unspecified atom stereocenters. The zero-order chi connectivity index (χ0) is 33.2. The number of aromatic nitrogens is 1. The maximum absolute atomic E-state index is 12.6. The lowest BCUT2D eigenvalue weighted by atomic mass is 10.1. The van der Waals surface area contributed by atoms with Crippen LogP contribution in [0.15, 0.2) is 72.9 Å². The second-order valence-corrected chi connectivity index (χ2v) is 12.2. The average Bonchev–Trinajstić information content (AvgIpc) is 3.06. The van der Waals surface area contributed by atoms with Crippen LogP contribution >= 0.6 is 0 Å². The number of hydrogen-bond acceptors (Lipinski definition) is 8. The van der Waals surface area contributed by atoms with Gasteiger partial charge in [0, 0.05) is 43.4 Å². The molecule has 3 amide bonds. The van der Waals surface area contributed by atoms with Crippen molar-refractivity contribution in [2.45, 2.75) is 45.1 Å². The van der Waals surface area contributed by atoms with Gasteiger partial charge in [-0.25, -0.2) is 12.7 Å². The maximum atomic E-state index is 12.6. The molecule has 0 atom stereocenters. The van der Waals surface area contributed by atoms with Crippen molar-refractivity contribution < 1.29 is 27.5 Å². The summed E-state index contributed by atoms with van der Waals surface area (Å²) in [5.74, 6) is 1.48. The van der Waals surface area contributed by atoms with E-state index < -0.39 is 22.5 Å². The van der Waals surface area contributed by atoms with E-state index in [-0.39, 0.29) is 56.4 Å². The van der Waals surface area contributed by atoms with Gasteiger partial charge in [-0.05, 0) is 42.2 Å². The number of terminal acetylenes is 1. The fourth-order valence-corrected chi connectivity index (χ4v) is 5.67. The van der Waals surface area contributed by atoms with Gasteiger partial charge in [0.15, 0.2) is 0 Å². The lowest BCUT2D eigenvalue weighted by Crippen LogP contribution is -2.39. The Kier molecular flexibility index (Phi) is 14.2. The molecule has 2 N–H and O–H groups in total. The number of nitriles is 1. The van der Waals surface area contributed by atoms with Gasteiger partial charge in [0.25, 0.3) is 0 Å². The summed E-state index contributed by atoms with van der Waals surface area (Å²) >= 11 is 0. The third-order valence-corrected chi connectivity index (χ3v) is 8.53. The minimum absolute atomic E-state index is 0.0625. The molecule has 46 heavy (non-hydrogen) atoms. The monoisotopic (exact) mass is 643 g/mol. The van der Waals surface area contributed by atoms with Gasteiger partial charge < -0.3 is 15.4 Å². The topological polar surface area (TPSA) is 159 Å². The highest BCUT2D eigenvalue weighted by Crippen LogP contribution is 2.22. The van der Waals surface area contributed by atoms with Crippen LogP contribution in [0.3, 0.4) is 0 Å². The highest BCUT2D eigenvalue weighted by atomic mass is 32.2. The van der Waals surface area contributed by atoms with E-state index in [1.165, 1.54) is 0 Å². The first-order valence-corrected chi connectivity index (χ1v) is 16.4. The summed E-state index contributed by atoms with van der Waals surface area (Å²) in [5.41, 5.74) is 3.49. The quantitative estimate of drug-likeness (QED) is 0.121. The van der Waals surface area contributed by atoms with Gasteiger partial charge in [0.05, 0.1) is 31.3 Å². The van der Waals surface area contributed by atoms with Gasteiger partial charge in [-0.2, -0.15) is 5.26 Å². The number of pyridine rings is 1. The molecule has 0 aliphatic rings. The fraction of sp³-hybridized carbons (Fsp3) is 0.324. The van der Waals surface area contributed by atoms with E-state index in [1.807, 2.05) is 54.6 Å². The van der Waals surface area contributed by atoms with Crippen molar-refractivity contribution in [2.24, 2.45) is 0 Å². The smallest absolute Gasteiger partial charge is 0.238 e. The summed E-state index contributed by atoms with van der Waals surface area (Å²) in [5, 5.41) is 14.5. The van der Waals surface area contributed by atoms with Crippen molar-refractivity contribution >= 4 is 27.7 Å². The molecule has 0 radical (unpaired) electrons. The summed E-state index contributed by atoms with van der Waals surface area (Å²) in [6.07, 6.45) is 7.80. The lowest BCUT2D eigenvalue weighted by Gasteiger charge is -2.19. The minimum Gasteiger partial charge on any atom is -0.493 e. The Morgan fingerprint density at radius 1 is 0.913 bits per heavy atom. The molecule has 3 rings (SSSR count). The Morgan fingerprint density at radius 3 is 2.33 bits per heavy atom. The van der Waals surface area contributed by atoms with Gasteiger partial charge in [0.2, 0.25) is 27.7 Å². The van der Waals surface area contributed by atoms with Crippen molar-refractivity contribution in [3.8, 4) is 35.3 Å². The first-order chi connectivity index (χ1) is 22.2. The summed E-state index contributed by atoms with van der Waals surface area (Å²) in [6.45, 7) is 0.103. The lowest BCUT2D eigenvalue weighted by molar-refractivity contribution is -0.126. The Balaban J connectivity index is 1.35. The van der Waals surface area contributed by atoms with Gasteiger partial charge in [-0.1, -0.05) is 48.5 Å². The standard InChI is InChI=1S/C34H37N5O6S/c1-2-3-5-11-34(42)39(21-19-35)46(43,44)23-8-20-36-32(40)18-22-45-31-16-13-28(14-17-31)29-12-15-30(37-26-29)24-33(41)38-25-27-9-6-4-7-10-27/h1,4,6-7,9-10,12-17,26H,3,5,8,11,18,20-25H2,(H,36,40)(H,38,41). The zero-order valence-corrected chi connectivity index (χ0v) is 26.3. The Hall–Kier alpha value is -5.20. The Labute approximate surface area is 270 Å². The number of nitrogens with zero attached hydrogens (tertiary/aromatic N) is 3. The molecular weight excluding hydrogens is 606 g/mol. The number of amides is 3. The van der Waals surface area contributed by atoms with Crippen LogP contribution in [0.1, 0.15) is 43.4 Å². The molecular formula is C34H37N5O6S. The van der Waals surface area contributed by atoms with E-state index in [0.29, 0.717) is 35.1 Å². The molecule has 1 heterocycles. The minimum atomic E-state index is -4.00. The number of rotatable bonds is 18. The number of benzene rings is 2. The van der Waals surface area contributed by atoms with Crippen LogP contribution in [-0.4, -0.2) is 60.9 Å². The zero-order valence-electron chi connectivity index (χ0n) is 25.5. The maximum Gasteiger partial charge on any atom is 0.238 e.